The highest BCUT2D eigenvalue weighted by Gasteiger charge is 2.40. The third-order valence-electron chi connectivity index (χ3n) is 4.65. The Labute approximate surface area is 169 Å². The average molecular weight is 418 g/mol. The van der Waals surface area contributed by atoms with E-state index in [-0.39, 0.29) is 30.0 Å². The Kier molecular flexibility index (Phi) is 4.99. The second-order valence-corrected chi connectivity index (χ2v) is 7.66. The van der Waals surface area contributed by atoms with Gasteiger partial charge in [0.05, 0.1) is 17.9 Å². The maximum atomic E-state index is 14.5. The normalized spacial score (nSPS) is 15.5. The second-order valence-electron chi connectivity index (χ2n) is 6.85. The first-order valence-corrected chi connectivity index (χ1v) is 9.73. The number of nitrogens with one attached hydrogen (secondary N) is 1. The maximum absolute atomic E-state index is 14.5. The summed E-state index contributed by atoms with van der Waals surface area (Å²) in [4.78, 5) is 18.8. The van der Waals surface area contributed by atoms with Gasteiger partial charge in [0.25, 0.3) is 11.8 Å². The Bertz CT molecular complexity index is 1070. The molecule has 1 amide bonds. The van der Waals surface area contributed by atoms with E-state index in [9.17, 15) is 18.0 Å². The maximum Gasteiger partial charge on any atom is 0.267 e. The van der Waals surface area contributed by atoms with Gasteiger partial charge in [-0.15, -0.1) is 0 Å². The van der Waals surface area contributed by atoms with Crippen LogP contribution < -0.4 is 10.2 Å². The van der Waals surface area contributed by atoms with Gasteiger partial charge in [-0.2, -0.15) is 4.37 Å². The Hall–Kier alpha value is -2.94. The van der Waals surface area contributed by atoms with E-state index < -0.39 is 24.2 Å². The van der Waals surface area contributed by atoms with E-state index in [4.69, 9.17) is 0 Å². The standard InChI is InChI=1S/C20H17F3N4OS/c1-12-10-16(29-26-12)19(28)25-17-14(13-4-2-3-5-15(13)21)6-8-24-18(17)27-9-7-20(22,23)11-27/h2-6,8,10H,7,9,11H2,1H3,(H,25,28). The Morgan fingerprint density at radius 1 is 1.24 bits per heavy atom. The number of anilines is 2. The molecule has 2 aromatic heterocycles. The van der Waals surface area contributed by atoms with Crippen molar-refractivity contribution >= 4 is 28.9 Å². The summed E-state index contributed by atoms with van der Waals surface area (Å²) < 4.78 is 46.2. The molecule has 1 aromatic carbocycles. The molecule has 0 bridgehead atoms. The number of halogens is 3. The molecular formula is C20H17F3N4OS. The summed E-state index contributed by atoms with van der Waals surface area (Å²) in [6, 6.07) is 9.28. The lowest BCUT2D eigenvalue weighted by atomic mass is 10.0. The van der Waals surface area contributed by atoms with Gasteiger partial charge in [-0.25, -0.2) is 18.2 Å². The number of rotatable bonds is 4. The van der Waals surface area contributed by atoms with Gasteiger partial charge in [0, 0.05) is 30.3 Å². The molecule has 0 unspecified atom stereocenters. The van der Waals surface area contributed by atoms with Crippen molar-refractivity contribution in [1.82, 2.24) is 9.36 Å². The van der Waals surface area contributed by atoms with Crippen LogP contribution >= 0.6 is 11.5 Å². The predicted octanol–water partition coefficient (Wildman–Crippen LogP) is 4.75. The third kappa shape index (κ3) is 3.95. The van der Waals surface area contributed by atoms with Crippen molar-refractivity contribution in [3.63, 3.8) is 0 Å². The highest BCUT2D eigenvalue weighted by molar-refractivity contribution is 7.08. The van der Waals surface area contributed by atoms with E-state index >= 15 is 0 Å². The molecular weight excluding hydrogens is 401 g/mol. The number of nitrogens with zero attached hydrogens (tertiary/aromatic N) is 3. The third-order valence-corrected chi connectivity index (χ3v) is 5.53. The number of benzene rings is 1. The molecule has 1 fully saturated rings. The lowest BCUT2D eigenvalue weighted by molar-refractivity contribution is 0.0257. The molecule has 0 spiro atoms. The minimum absolute atomic E-state index is 0.0866. The largest absolute Gasteiger partial charge is 0.349 e. The fourth-order valence-corrected chi connectivity index (χ4v) is 3.93. The van der Waals surface area contributed by atoms with Gasteiger partial charge in [-0.1, -0.05) is 18.2 Å². The summed E-state index contributed by atoms with van der Waals surface area (Å²) >= 11 is 1.03. The van der Waals surface area contributed by atoms with E-state index in [0.29, 0.717) is 16.1 Å². The highest BCUT2D eigenvalue weighted by atomic mass is 32.1. The van der Waals surface area contributed by atoms with Crippen LogP contribution in [0.25, 0.3) is 11.1 Å². The molecule has 4 rings (SSSR count). The van der Waals surface area contributed by atoms with E-state index in [1.54, 1.807) is 37.3 Å². The van der Waals surface area contributed by atoms with Crippen molar-refractivity contribution in [3.8, 4) is 11.1 Å². The summed E-state index contributed by atoms with van der Waals surface area (Å²) in [5, 5.41) is 2.75. The predicted molar refractivity (Wildman–Crippen MR) is 106 cm³/mol. The molecule has 150 valence electrons. The van der Waals surface area contributed by atoms with Gasteiger partial charge in [0.2, 0.25) is 0 Å². The number of aromatic nitrogens is 2. The molecule has 1 saturated heterocycles. The van der Waals surface area contributed by atoms with Gasteiger partial charge in [0.1, 0.15) is 10.7 Å². The monoisotopic (exact) mass is 418 g/mol. The molecule has 5 nitrogen and oxygen atoms in total. The van der Waals surface area contributed by atoms with Crippen molar-refractivity contribution in [2.75, 3.05) is 23.3 Å². The van der Waals surface area contributed by atoms with Crippen LogP contribution in [0.3, 0.4) is 0 Å². The van der Waals surface area contributed by atoms with Gasteiger partial charge >= 0.3 is 0 Å². The molecule has 1 N–H and O–H groups in total. The molecule has 0 atom stereocenters. The fourth-order valence-electron chi connectivity index (χ4n) is 3.28. The first-order chi connectivity index (χ1) is 13.8. The lowest BCUT2D eigenvalue weighted by Gasteiger charge is -2.23. The molecule has 0 saturated carbocycles. The molecule has 0 radical (unpaired) electrons. The van der Waals surface area contributed by atoms with Crippen molar-refractivity contribution in [1.29, 1.82) is 0 Å². The van der Waals surface area contributed by atoms with Crippen LogP contribution in [0.1, 0.15) is 21.8 Å². The Morgan fingerprint density at radius 2 is 2.03 bits per heavy atom. The van der Waals surface area contributed by atoms with Gasteiger partial charge in [-0.05, 0) is 36.7 Å². The minimum Gasteiger partial charge on any atom is -0.349 e. The van der Waals surface area contributed by atoms with Gasteiger partial charge in [0.15, 0.2) is 5.82 Å². The number of hydrogen-bond acceptors (Lipinski definition) is 5. The van der Waals surface area contributed by atoms with Crippen LogP contribution in [-0.2, 0) is 0 Å². The van der Waals surface area contributed by atoms with Crippen LogP contribution in [0.15, 0.2) is 42.6 Å². The minimum atomic E-state index is -2.84. The number of carbonyl (C=O) groups excluding carboxylic acids is 1. The summed E-state index contributed by atoms with van der Waals surface area (Å²) in [6.07, 6.45) is 1.13. The molecule has 1 aliphatic rings. The van der Waals surface area contributed by atoms with Gasteiger partial charge in [-0.3, -0.25) is 4.79 Å². The SMILES string of the molecule is Cc1cc(C(=O)Nc2c(-c3ccccc3F)ccnc2N2CCC(F)(F)C2)sn1. The van der Waals surface area contributed by atoms with Gasteiger partial charge < -0.3 is 10.2 Å². The zero-order valence-corrected chi connectivity index (χ0v) is 16.3. The molecule has 0 aliphatic carbocycles. The summed E-state index contributed by atoms with van der Waals surface area (Å²) in [6.45, 7) is 1.34. The molecule has 1 aliphatic heterocycles. The van der Waals surface area contributed by atoms with Crippen LogP contribution in [0.5, 0.6) is 0 Å². The van der Waals surface area contributed by atoms with Crippen LogP contribution in [-0.4, -0.2) is 34.3 Å². The first kappa shape index (κ1) is 19.4. The zero-order chi connectivity index (χ0) is 20.6. The number of carbonyl (C=O) groups is 1. The van der Waals surface area contributed by atoms with Crippen molar-refractivity contribution in [2.45, 2.75) is 19.3 Å². The van der Waals surface area contributed by atoms with Crippen molar-refractivity contribution in [2.24, 2.45) is 0 Å². The topological polar surface area (TPSA) is 58.1 Å². The average Bonchev–Trinajstić information content (AvgIpc) is 3.28. The van der Waals surface area contributed by atoms with E-state index in [0.717, 1.165) is 11.5 Å². The van der Waals surface area contributed by atoms with Crippen LogP contribution in [0, 0.1) is 12.7 Å². The smallest absolute Gasteiger partial charge is 0.267 e. The molecule has 3 aromatic rings. The molecule has 3 heterocycles. The molecule has 9 heteroatoms. The van der Waals surface area contributed by atoms with Crippen LogP contribution in [0.2, 0.25) is 0 Å². The number of alkyl halides is 2. The quantitative estimate of drug-likeness (QED) is 0.664. The van der Waals surface area contributed by atoms with Crippen molar-refractivity contribution < 1.29 is 18.0 Å². The number of amides is 1. The summed E-state index contributed by atoms with van der Waals surface area (Å²) in [5.74, 6) is -3.59. The van der Waals surface area contributed by atoms with Crippen molar-refractivity contribution in [3.05, 3.63) is 59.0 Å². The van der Waals surface area contributed by atoms with E-state index in [1.165, 1.54) is 17.2 Å². The second kappa shape index (κ2) is 7.47. The highest BCUT2D eigenvalue weighted by Crippen LogP contribution is 2.39. The number of hydrogen-bond donors (Lipinski definition) is 1. The Balaban J connectivity index is 1.80. The summed E-state index contributed by atoms with van der Waals surface area (Å²) in [7, 11) is 0. The fraction of sp³-hybridized carbons (Fsp3) is 0.250. The molecule has 29 heavy (non-hydrogen) atoms. The van der Waals surface area contributed by atoms with Crippen LogP contribution in [0.4, 0.5) is 24.7 Å². The van der Waals surface area contributed by atoms with E-state index in [2.05, 4.69) is 14.7 Å². The zero-order valence-electron chi connectivity index (χ0n) is 15.5. The lowest BCUT2D eigenvalue weighted by Crippen LogP contribution is -2.27. The first-order valence-electron chi connectivity index (χ1n) is 8.95. The number of pyridine rings is 1. The number of aryl methyl sites for hydroxylation is 1. The Morgan fingerprint density at radius 3 is 2.69 bits per heavy atom. The van der Waals surface area contributed by atoms with E-state index in [1.807, 2.05) is 0 Å². The summed E-state index contributed by atoms with van der Waals surface area (Å²) in [5.41, 5.74) is 1.52.